The Morgan fingerprint density at radius 1 is 1.42 bits per heavy atom. The Morgan fingerprint density at radius 3 is 2.68 bits per heavy atom. The highest BCUT2D eigenvalue weighted by Gasteiger charge is 2.16. The molecule has 1 rings (SSSR count). The molecule has 0 bridgehead atoms. The number of primary amides is 1. The first-order chi connectivity index (χ1) is 8.95. The van der Waals surface area contributed by atoms with E-state index < -0.39 is 11.7 Å². The zero-order chi connectivity index (χ0) is 14.4. The highest BCUT2D eigenvalue weighted by molar-refractivity contribution is 9.10. The van der Waals surface area contributed by atoms with Gasteiger partial charge in [0.15, 0.2) is 0 Å². The fourth-order valence-corrected chi connectivity index (χ4v) is 1.90. The lowest BCUT2D eigenvalue weighted by atomic mass is 10.1. The summed E-state index contributed by atoms with van der Waals surface area (Å²) in [5.74, 6) is -1.86. The fraction of sp³-hybridized carbons (Fsp3) is 0.333. The van der Waals surface area contributed by atoms with Crippen LogP contribution in [0.3, 0.4) is 0 Å². The van der Waals surface area contributed by atoms with E-state index in [0.29, 0.717) is 11.0 Å². The van der Waals surface area contributed by atoms with E-state index in [1.54, 1.807) is 0 Å². The van der Waals surface area contributed by atoms with Crippen LogP contribution in [0.4, 0.5) is 10.1 Å². The van der Waals surface area contributed by atoms with Crippen molar-refractivity contribution < 1.29 is 14.0 Å². The SMILES string of the molecule is CCCNC(=O)CNc1cc(Br)cc(F)c1C(N)=O. The van der Waals surface area contributed by atoms with Crippen LogP contribution >= 0.6 is 15.9 Å². The minimum Gasteiger partial charge on any atom is -0.375 e. The maximum atomic E-state index is 13.6. The fourth-order valence-electron chi connectivity index (χ4n) is 1.47. The standard InChI is InChI=1S/C12H15BrFN3O2/c1-2-3-16-10(18)6-17-9-5-7(13)4-8(14)11(9)12(15)19/h4-5,17H,2-3,6H2,1H3,(H2,15,19)(H,16,18). The van der Waals surface area contributed by atoms with Crippen LogP contribution in [-0.2, 0) is 4.79 Å². The second-order valence-electron chi connectivity index (χ2n) is 3.88. The number of benzene rings is 1. The molecule has 0 aliphatic carbocycles. The van der Waals surface area contributed by atoms with Gasteiger partial charge >= 0.3 is 0 Å². The van der Waals surface area contributed by atoms with E-state index in [2.05, 4.69) is 26.6 Å². The van der Waals surface area contributed by atoms with Crippen LogP contribution in [-0.4, -0.2) is 24.9 Å². The van der Waals surface area contributed by atoms with Crippen LogP contribution in [0.2, 0.25) is 0 Å². The van der Waals surface area contributed by atoms with E-state index in [1.165, 1.54) is 6.07 Å². The molecule has 5 nitrogen and oxygen atoms in total. The molecule has 0 aliphatic heterocycles. The Bertz CT molecular complexity index is 494. The summed E-state index contributed by atoms with van der Waals surface area (Å²) >= 11 is 3.11. The van der Waals surface area contributed by atoms with Gasteiger partial charge in [0.05, 0.1) is 17.8 Å². The van der Waals surface area contributed by atoms with Crippen molar-refractivity contribution >= 4 is 33.4 Å². The molecular formula is C12H15BrFN3O2. The van der Waals surface area contributed by atoms with Crippen LogP contribution in [0, 0.1) is 5.82 Å². The van der Waals surface area contributed by atoms with Crippen molar-refractivity contribution in [1.82, 2.24) is 5.32 Å². The molecule has 0 heterocycles. The molecule has 0 saturated heterocycles. The highest BCUT2D eigenvalue weighted by Crippen LogP contribution is 2.24. The van der Waals surface area contributed by atoms with Gasteiger partial charge in [-0.2, -0.15) is 0 Å². The third-order valence-electron chi connectivity index (χ3n) is 2.31. The zero-order valence-electron chi connectivity index (χ0n) is 10.4. The first kappa shape index (κ1) is 15.4. The Kier molecular flexibility index (Phi) is 5.75. The van der Waals surface area contributed by atoms with Gasteiger partial charge in [-0.25, -0.2) is 4.39 Å². The molecule has 0 saturated carbocycles. The van der Waals surface area contributed by atoms with Crippen molar-refractivity contribution in [3.63, 3.8) is 0 Å². The second kappa shape index (κ2) is 7.08. The largest absolute Gasteiger partial charge is 0.375 e. The molecule has 1 aromatic carbocycles. The number of carbonyl (C=O) groups is 2. The summed E-state index contributed by atoms with van der Waals surface area (Å²) in [6.07, 6.45) is 0.823. The number of amides is 2. The maximum Gasteiger partial charge on any atom is 0.253 e. The van der Waals surface area contributed by atoms with Crippen LogP contribution < -0.4 is 16.4 Å². The molecule has 4 N–H and O–H groups in total. The topological polar surface area (TPSA) is 84.2 Å². The van der Waals surface area contributed by atoms with Crippen molar-refractivity contribution in [2.45, 2.75) is 13.3 Å². The smallest absolute Gasteiger partial charge is 0.253 e. The molecule has 19 heavy (non-hydrogen) atoms. The van der Waals surface area contributed by atoms with Gasteiger partial charge in [0.1, 0.15) is 5.82 Å². The molecule has 0 aromatic heterocycles. The lowest BCUT2D eigenvalue weighted by Gasteiger charge is -2.11. The predicted molar refractivity (Wildman–Crippen MR) is 74.4 cm³/mol. The van der Waals surface area contributed by atoms with Crippen molar-refractivity contribution in [2.75, 3.05) is 18.4 Å². The Hall–Kier alpha value is -1.63. The number of hydrogen-bond acceptors (Lipinski definition) is 3. The van der Waals surface area contributed by atoms with Crippen LogP contribution in [0.25, 0.3) is 0 Å². The number of rotatable bonds is 6. The first-order valence-electron chi connectivity index (χ1n) is 5.75. The first-order valence-corrected chi connectivity index (χ1v) is 6.54. The number of anilines is 1. The van der Waals surface area contributed by atoms with Crippen molar-refractivity contribution in [3.8, 4) is 0 Å². The normalized spacial score (nSPS) is 10.1. The minimum absolute atomic E-state index is 0.0594. The Morgan fingerprint density at radius 2 is 2.11 bits per heavy atom. The number of halogens is 2. The van der Waals surface area contributed by atoms with Crippen molar-refractivity contribution in [3.05, 3.63) is 28.0 Å². The quantitative estimate of drug-likeness (QED) is 0.740. The van der Waals surface area contributed by atoms with Gasteiger partial charge in [-0.1, -0.05) is 22.9 Å². The zero-order valence-corrected chi connectivity index (χ0v) is 12.0. The highest BCUT2D eigenvalue weighted by atomic mass is 79.9. The number of nitrogens with one attached hydrogen (secondary N) is 2. The summed E-state index contributed by atoms with van der Waals surface area (Å²) in [7, 11) is 0. The van der Waals surface area contributed by atoms with Gasteiger partial charge in [-0.3, -0.25) is 9.59 Å². The average Bonchev–Trinajstić information content (AvgIpc) is 2.32. The lowest BCUT2D eigenvalue weighted by molar-refractivity contribution is -0.119. The summed E-state index contributed by atoms with van der Waals surface area (Å²) in [6, 6.07) is 2.64. The predicted octanol–water partition coefficient (Wildman–Crippen LogP) is 1.63. The number of hydrogen-bond donors (Lipinski definition) is 3. The molecular weight excluding hydrogens is 317 g/mol. The molecule has 7 heteroatoms. The van der Waals surface area contributed by atoms with E-state index in [-0.39, 0.29) is 23.7 Å². The molecule has 2 amide bonds. The third-order valence-corrected chi connectivity index (χ3v) is 2.77. The van der Waals surface area contributed by atoms with E-state index in [0.717, 1.165) is 12.5 Å². The molecule has 0 fully saturated rings. The summed E-state index contributed by atoms with van der Waals surface area (Å²) in [5.41, 5.74) is 5.05. The van der Waals surface area contributed by atoms with Gasteiger partial charge < -0.3 is 16.4 Å². The summed E-state index contributed by atoms with van der Waals surface area (Å²) in [6.45, 7) is 2.44. The van der Waals surface area contributed by atoms with Crippen LogP contribution in [0.1, 0.15) is 23.7 Å². The summed E-state index contributed by atoms with van der Waals surface area (Å²) in [4.78, 5) is 22.6. The lowest BCUT2D eigenvalue weighted by Crippen LogP contribution is -2.31. The number of carbonyl (C=O) groups excluding carboxylic acids is 2. The summed E-state index contributed by atoms with van der Waals surface area (Å²) in [5, 5.41) is 5.36. The van der Waals surface area contributed by atoms with Gasteiger partial charge in [0.2, 0.25) is 5.91 Å². The third kappa shape index (κ3) is 4.51. The van der Waals surface area contributed by atoms with E-state index in [4.69, 9.17) is 5.73 Å². The molecule has 1 aromatic rings. The molecule has 104 valence electrons. The monoisotopic (exact) mass is 331 g/mol. The van der Waals surface area contributed by atoms with Gasteiger partial charge in [-0.05, 0) is 18.6 Å². The van der Waals surface area contributed by atoms with Crippen LogP contribution in [0.15, 0.2) is 16.6 Å². The van der Waals surface area contributed by atoms with Crippen LogP contribution in [0.5, 0.6) is 0 Å². The minimum atomic E-state index is -0.888. The molecule has 0 radical (unpaired) electrons. The maximum absolute atomic E-state index is 13.6. The molecule has 0 spiro atoms. The van der Waals surface area contributed by atoms with Crippen molar-refractivity contribution in [1.29, 1.82) is 0 Å². The van der Waals surface area contributed by atoms with E-state index >= 15 is 0 Å². The molecule has 0 aliphatic rings. The van der Waals surface area contributed by atoms with Gasteiger partial charge in [0, 0.05) is 11.0 Å². The Balaban J connectivity index is 2.82. The average molecular weight is 332 g/mol. The molecule has 0 atom stereocenters. The molecule has 0 unspecified atom stereocenters. The Labute approximate surface area is 118 Å². The summed E-state index contributed by atoms with van der Waals surface area (Å²) < 4.78 is 14.1. The van der Waals surface area contributed by atoms with Gasteiger partial charge in [-0.15, -0.1) is 0 Å². The second-order valence-corrected chi connectivity index (χ2v) is 4.79. The van der Waals surface area contributed by atoms with Crippen molar-refractivity contribution in [2.24, 2.45) is 5.73 Å². The van der Waals surface area contributed by atoms with E-state index in [1.807, 2.05) is 6.92 Å². The number of nitrogens with two attached hydrogens (primary N) is 1. The van der Waals surface area contributed by atoms with Gasteiger partial charge in [0.25, 0.3) is 5.91 Å². The van der Waals surface area contributed by atoms with E-state index in [9.17, 15) is 14.0 Å².